The smallest absolute Gasteiger partial charge is 0.199 e. The van der Waals surface area contributed by atoms with Crippen LogP contribution in [0.5, 0.6) is 0 Å². The van der Waals surface area contributed by atoms with Crippen molar-refractivity contribution in [2.24, 2.45) is 10.8 Å². The molecule has 0 aromatic heterocycles. The summed E-state index contributed by atoms with van der Waals surface area (Å²) >= 11 is 0. The van der Waals surface area contributed by atoms with E-state index in [2.05, 4.69) is 113 Å². The Morgan fingerprint density at radius 2 is 1.16 bits per heavy atom. The molecule has 2 rings (SSSR count). The Morgan fingerprint density at radius 1 is 0.710 bits per heavy atom. The molecule has 0 saturated heterocycles. The van der Waals surface area contributed by atoms with Crippen molar-refractivity contribution in [3.05, 3.63) is 58.2 Å². The van der Waals surface area contributed by atoms with Gasteiger partial charge in [0.2, 0.25) is 0 Å². The van der Waals surface area contributed by atoms with Crippen LogP contribution in [0.4, 0.5) is 0 Å². The highest BCUT2D eigenvalue weighted by molar-refractivity contribution is 5.49. The van der Waals surface area contributed by atoms with Gasteiger partial charge < -0.3 is 9.84 Å². The molecule has 1 aliphatic carbocycles. The zero-order valence-corrected chi connectivity index (χ0v) is 22.3. The second-order valence-corrected chi connectivity index (χ2v) is 13.4. The molecule has 0 amide bonds. The maximum atomic E-state index is 12.0. The van der Waals surface area contributed by atoms with E-state index in [-0.39, 0.29) is 27.6 Å². The van der Waals surface area contributed by atoms with Crippen LogP contribution >= 0.6 is 0 Å². The van der Waals surface area contributed by atoms with Crippen LogP contribution in [0.3, 0.4) is 0 Å². The number of aliphatic hydroxyl groups is 1. The normalized spacial score (nSPS) is 23.5. The van der Waals surface area contributed by atoms with E-state index in [0.717, 1.165) is 11.1 Å². The third-order valence-electron chi connectivity index (χ3n) is 6.49. The first kappa shape index (κ1) is 25.9. The maximum Gasteiger partial charge on any atom is 0.199 e. The fraction of sp³-hybridized carbons (Fsp3) is 0.655. The van der Waals surface area contributed by atoms with Gasteiger partial charge >= 0.3 is 0 Å². The molecule has 2 atom stereocenters. The molecular formula is C29H46O2. The molecule has 0 saturated carbocycles. The van der Waals surface area contributed by atoms with Crippen LogP contribution in [0.2, 0.25) is 0 Å². The number of ether oxygens (including phenoxy) is 1. The number of hydrogen-bond acceptors (Lipinski definition) is 2. The van der Waals surface area contributed by atoms with Crippen LogP contribution in [0.25, 0.3) is 0 Å². The fourth-order valence-corrected chi connectivity index (χ4v) is 4.24. The molecule has 1 aromatic rings. The monoisotopic (exact) mass is 426 g/mol. The summed E-state index contributed by atoms with van der Waals surface area (Å²) in [6.07, 6.45) is 4.39. The lowest BCUT2D eigenvalue weighted by atomic mass is 9.67. The third-order valence-corrected chi connectivity index (χ3v) is 6.49. The zero-order valence-electron chi connectivity index (χ0n) is 22.3. The minimum absolute atomic E-state index is 0.00906. The van der Waals surface area contributed by atoms with E-state index in [4.69, 9.17) is 4.74 Å². The highest BCUT2D eigenvalue weighted by Gasteiger charge is 2.48. The Morgan fingerprint density at radius 3 is 1.48 bits per heavy atom. The summed E-state index contributed by atoms with van der Waals surface area (Å²) in [5.74, 6) is -1.67. The summed E-state index contributed by atoms with van der Waals surface area (Å²) in [5.41, 5.74) is 5.60. The number of methoxy groups -OCH3 is 1. The quantitative estimate of drug-likeness (QED) is 0.492. The first-order chi connectivity index (χ1) is 13.7. The molecule has 1 aromatic carbocycles. The Labute approximate surface area is 191 Å². The topological polar surface area (TPSA) is 29.5 Å². The van der Waals surface area contributed by atoms with E-state index in [1.165, 1.54) is 16.7 Å². The van der Waals surface area contributed by atoms with Crippen molar-refractivity contribution in [1.29, 1.82) is 0 Å². The molecule has 2 nitrogen and oxygen atoms in total. The van der Waals surface area contributed by atoms with E-state index < -0.39 is 5.79 Å². The summed E-state index contributed by atoms with van der Waals surface area (Å²) in [6, 6.07) is 6.87. The molecule has 2 heteroatoms. The molecule has 0 aliphatic heterocycles. The minimum Gasteiger partial charge on any atom is -0.361 e. The van der Waals surface area contributed by atoms with Crippen LogP contribution in [0, 0.1) is 10.8 Å². The Balaban J connectivity index is 2.89. The SMILES string of the molecule is COC1(O)C(C(C)(C)C)=CC(C(C)(C)C)=CC1c1cc(C(C)(C)C)cc(C(C)(C)C)c1. The molecule has 0 heterocycles. The summed E-state index contributed by atoms with van der Waals surface area (Å²) < 4.78 is 5.94. The van der Waals surface area contributed by atoms with Crippen molar-refractivity contribution in [3.8, 4) is 0 Å². The zero-order chi connectivity index (χ0) is 24.2. The molecule has 1 aliphatic rings. The summed E-state index contributed by atoms with van der Waals surface area (Å²) in [7, 11) is 1.63. The number of rotatable bonds is 2. The largest absolute Gasteiger partial charge is 0.361 e. The summed E-state index contributed by atoms with van der Waals surface area (Å²) in [5, 5.41) is 12.0. The van der Waals surface area contributed by atoms with Crippen molar-refractivity contribution >= 4 is 0 Å². The lowest BCUT2D eigenvalue weighted by molar-refractivity contribution is -0.173. The van der Waals surface area contributed by atoms with E-state index >= 15 is 0 Å². The van der Waals surface area contributed by atoms with Gasteiger partial charge in [0.25, 0.3) is 0 Å². The van der Waals surface area contributed by atoms with Crippen LogP contribution in [-0.2, 0) is 15.6 Å². The van der Waals surface area contributed by atoms with E-state index in [9.17, 15) is 5.11 Å². The van der Waals surface area contributed by atoms with Gasteiger partial charge in [-0.1, -0.05) is 113 Å². The number of hydrogen-bond donors (Lipinski definition) is 1. The van der Waals surface area contributed by atoms with Gasteiger partial charge in [-0.2, -0.15) is 0 Å². The predicted molar refractivity (Wildman–Crippen MR) is 134 cm³/mol. The summed E-state index contributed by atoms with van der Waals surface area (Å²) in [6.45, 7) is 26.6. The van der Waals surface area contributed by atoms with Gasteiger partial charge in [0, 0.05) is 7.11 Å². The van der Waals surface area contributed by atoms with Crippen molar-refractivity contribution in [2.75, 3.05) is 7.11 Å². The Kier molecular flexibility index (Phi) is 6.58. The second kappa shape index (κ2) is 7.89. The number of benzene rings is 1. The number of allylic oxidation sites excluding steroid dienone is 2. The van der Waals surface area contributed by atoms with Gasteiger partial charge in [0.05, 0.1) is 5.92 Å². The Hall–Kier alpha value is -1.38. The van der Waals surface area contributed by atoms with E-state index in [1.807, 2.05) is 0 Å². The molecule has 174 valence electrons. The van der Waals surface area contributed by atoms with Gasteiger partial charge in [-0.3, -0.25) is 0 Å². The van der Waals surface area contributed by atoms with E-state index in [0.29, 0.717) is 0 Å². The molecule has 0 radical (unpaired) electrons. The lowest BCUT2D eigenvalue weighted by Gasteiger charge is -2.45. The molecular weight excluding hydrogens is 380 g/mol. The highest BCUT2D eigenvalue weighted by atomic mass is 16.6. The first-order valence-corrected chi connectivity index (χ1v) is 11.6. The third kappa shape index (κ3) is 5.34. The van der Waals surface area contributed by atoms with Crippen molar-refractivity contribution in [1.82, 2.24) is 0 Å². The van der Waals surface area contributed by atoms with Crippen LogP contribution in [0.1, 0.15) is 106 Å². The Bertz CT molecular complexity index is 841. The van der Waals surface area contributed by atoms with Crippen molar-refractivity contribution in [3.63, 3.8) is 0 Å². The molecule has 31 heavy (non-hydrogen) atoms. The molecule has 0 spiro atoms. The van der Waals surface area contributed by atoms with Gasteiger partial charge in [0.15, 0.2) is 5.79 Å². The van der Waals surface area contributed by atoms with Gasteiger partial charge in [-0.15, -0.1) is 0 Å². The predicted octanol–water partition coefficient (Wildman–Crippen LogP) is 7.66. The molecule has 0 fully saturated rings. The van der Waals surface area contributed by atoms with Crippen LogP contribution < -0.4 is 0 Å². The van der Waals surface area contributed by atoms with Gasteiger partial charge in [0.1, 0.15) is 0 Å². The lowest BCUT2D eigenvalue weighted by Crippen LogP contribution is -2.46. The molecule has 0 bridgehead atoms. The van der Waals surface area contributed by atoms with Crippen LogP contribution in [-0.4, -0.2) is 18.0 Å². The van der Waals surface area contributed by atoms with E-state index in [1.54, 1.807) is 7.11 Å². The molecule has 1 N–H and O–H groups in total. The second-order valence-electron chi connectivity index (χ2n) is 13.4. The average Bonchev–Trinajstić information content (AvgIpc) is 2.57. The van der Waals surface area contributed by atoms with Crippen molar-refractivity contribution in [2.45, 2.75) is 106 Å². The van der Waals surface area contributed by atoms with Crippen LogP contribution in [0.15, 0.2) is 41.5 Å². The first-order valence-electron chi connectivity index (χ1n) is 11.6. The average molecular weight is 427 g/mol. The summed E-state index contributed by atoms with van der Waals surface area (Å²) in [4.78, 5) is 0. The maximum absolute atomic E-state index is 12.0. The van der Waals surface area contributed by atoms with Gasteiger partial charge in [-0.25, -0.2) is 0 Å². The standard InChI is InChI=1S/C29H46O2/c1-25(2,3)20-14-19(15-21(16-20)26(4,5)6)23-17-22(27(7,8)9)18-24(28(10,11)12)29(23,30)31-13/h14-18,23,30H,1-13H3. The molecule has 2 unspecified atom stereocenters. The minimum atomic E-state index is -1.39. The van der Waals surface area contributed by atoms with Gasteiger partial charge in [-0.05, 0) is 49.5 Å². The van der Waals surface area contributed by atoms with Crippen molar-refractivity contribution < 1.29 is 9.84 Å². The highest BCUT2D eigenvalue weighted by Crippen LogP contribution is 2.50. The fourth-order valence-electron chi connectivity index (χ4n) is 4.24.